The molecule has 0 atom stereocenters. The Balaban J connectivity index is 1.72. The van der Waals surface area contributed by atoms with Gasteiger partial charge in [0.15, 0.2) is 0 Å². The van der Waals surface area contributed by atoms with E-state index in [9.17, 15) is 0 Å². The van der Waals surface area contributed by atoms with E-state index >= 15 is 0 Å². The van der Waals surface area contributed by atoms with Crippen LogP contribution >= 0.6 is 0 Å². The van der Waals surface area contributed by atoms with E-state index in [2.05, 4.69) is 57.6 Å². The van der Waals surface area contributed by atoms with E-state index in [1.807, 2.05) is 32.0 Å². The first kappa shape index (κ1) is 17.0. The summed E-state index contributed by atoms with van der Waals surface area (Å²) in [6, 6.07) is 16.4. The maximum absolute atomic E-state index is 6.42. The van der Waals surface area contributed by atoms with Gasteiger partial charge in [0.2, 0.25) is 5.95 Å². The minimum atomic E-state index is 0.485. The Morgan fingerprint density at radius 1 is 1.00 bits per heavy atom. The second-order valence-electron chi connectivity index (χ2n) is 6.81. The number of nitrogens with one attached hydrogen (secondary N) is 1. The van der Waals surface area contributed by atoms with Crippen molar-refractivity contribution in [2.45, 2.75) is 27.2 Å². The summed E-state index contributed by atoms with van der Waals surface area (Å²) in [7, 11) is 0. The fourth-order valence-electron chi connectivity index (χ4n) is 3.13. The zero-order valence-corrected chi connectivity index (χ0v) is 15.7. The topological polar surface area (TPSA) is 81.1 Å². The van der Waals surface area contributed by atoms with Gasteiger partial charge in [0.25, 0.3) is 5.78 Å². The van der Waals surface area contributed by atoms with Gasteiger partial charge in [-0.15, -0.1) is 5.10 Å². The van der Waals surface area contributed by atoms with E-state index in [0.29, 0.717) is 24.0 Å². The molecular weight excluding hydrogens is 336 g/mol. The number of aromatic nitrogens is 4. The molecule has 0 spiro atoms. The molecule has 0 aliphatic heterocycles. The van der Waals surface area contributed by atoms with Crippen molar-refractivity contribution in [1.82, 2.24) is 19.6 Å². The number of nitrogens with two attached hydrogens (primary N) is 1. The van der Waals surface area contributed by atoms with Crippen LogP contribution in [-0.4, -0.2) is 19.6 Å². The predicted octanol–water partition coefficient (Wildman–Crippen LogP) is 3.97. The summed E-state index contributed by atoms with van der Waals surface area (Å²) in [5, 5.41) is 7.81. The summed E-state index contributed by atoms with van der Waals surface area (Å²) in [5.74, 6) is 1.55. The molecule has 2 aromatic carbocycles. The number of benzene rings is 2. The summed E-state index contributed by atoms with van der Waals surface area (Å²) in [5.41, 5.74) is 12.7. The van der Waals surface area contributed by atoms with E-state index in [1.54, 1.807) is 4.52 Å². The van der Waals surface area contributed by atoms with Gasteiger partial charge in [-0.1, -0.05) is 42.5 Å². The van der Waals surface area contributed by atoms with Gasteiger partial charge in [-0.05, 0) is 43.5 Å². The highest BCUT2D eigenvalue weighted by molar-refractivity contribution is 5.61. The van der Waals surface area contributed by atoms with E-state index in [1.165, 1.54) is 11.1 Å². The highest BCUT2D eigenvalue weighted by Gasteiger charge is 2.15. The number of anilines is 3. The Morgan fingerprint density at radius 2 is 1.78 bits per heavy atom. The first-order valence-corrected chi connectivity index (χ1v) is 8.91. The van der Waals surface area contributed by atoms with Crippen molar-refractivity contribution in [3.8, 4) is 0 Å². The Bertz CT molecular complexity index is 1110. The van der Waals surface area contributed by atoms with Crippen LogP contribution in [0.5, 0.6) is 0 Å². The van der Waals surface area contributed by atoms with Crippen molar-refractivity contribution in [2.75, 3.05) is 11.1 Å². The molecule has 0 amide bonds. The second-order valence-corrected chi connectivity index (χ2v) is 6.81. The van der Waals surface area contributed by atoms with Crippen molar-refractivity contribution >= 4 is 23.2 Å². The van der Waals surface area contributed by atoms with Crippen LogP contribution < -0.4 is 11.1 Å². The molecule has 0 aliphatic carbocycles. The predicted molar refractivity (Wildman–Crippen MR) is 108 cm³/mol. The molecule has 4 rings (SSSR count). The Kier molecular flexibility index (Phi) is 4.24. The molecule has 6 heteroatoms. The van der Waals surface area contributed by atoms with Crippen molar-refractivity contribution in [3.05, 3.63) is 76.5 Å². The first-order chi connectivity index (χ1) is 13.0. The molecular formula is C21H22N6. The fourth-order valence-corrected chi connectivity index (χ4v) is 3.13. The lowest BCUT2D eigenvalue weighted by Gasteiger charge is -2.09. The number of fused-ring (bicyclic) bond motifs is 1. The van der Waals surface area contributed by atoms with E-state index < -0.39 is 0 Å². The molecule has 0 saturated carbocycles. The fraction of sp³-hybridized carbons (Fsp3) is 0.190. The Hall–Kier alpha value is -3.41. The zero-order valence-electron chi connectivity index (χ0n) is 15.7. The largest absolute Gasteiger partial charge is 0.383 e. The monoisotopic (exact) mass is 358 g/mol. The summed E-state index contributed by atoms with van der Waals surface area (Å²) >= 11 is 0. The lowest BCUT2D eigenvalue weighted by atomic mass is 10.0. The molecule has 2 heterocycles. The standard InChI is InChI=1S/C21H22N6/c1-13-9-10-14(2)18(11-13)24-20-25-21-23-15(3)17(19(22)27(21)26-20)12-16-7-5-4-6-8-16/h4-11H,12,22H2,1-3H3,(H,24,26). The maximum Gasteiger partial charge on any atom is 0.256 e. The van der Waals surface area contributed by atoms with Crippen LogP contribution in [0.1, 0.15) is 27.9 Å². The van der Waals surface area contributed by atoms with Crippen LogP contribution in [0.4, 0.5) is 17.5 Å². The van der Waals surface area contributed by atoms with E-state index in [-0.39, 0.29) is 0 Å². The molecule has 2 aromatic heterocycles. The molecule has 136 valence electrons. The smallest absolute Gasteiger partial charge is 0.256 e. The van der Waals surface area contributed by atoms with Crippen LogP contribution in [-0.2, 0) is 6.42 Å². The van der Waals surface area contributed by atoms with Gasteiger partial charge in [0, 0.05) is 23.4 Å². The molecule has 27 heavy (non-hydrogen) atoms. The van der Waals surface area contributed by atoms with Crippen molar-refractivity contribution < 1.29 is 0 Å². The van der Waals surface area contributed by atoms with E-state index in [4.69, 9.17) is 5.73 Å². The van der Waals surface area contributed by atoms with Crippen LogP contribution in [0.15, 0.2) is 48.5 Å². The highest BCUT2D eigenvalue weighted by atomic mass is 15.4. The number of nitrogens with zero attached hydrogens (tertiary/aromatic N) is 4. The minimum absolute atomic E-state index is 0.485. The van der Waals surface area contributed by atoms with Crippen LogP contribution in [0, 0.1) is 20.8 Å². The average Bonchev–Trinajstić information content (AvgIpc) is 3.05. The van der Waals surface area contributed by atoms with Crippen LogP contribution in [0.25, 0.3) is 5.78 Å². The summed E-state index contributed by atoms with van der Waals surface area (Å²) in [4.78, 5) is 9.10. The number of nitrogen functional groups attached to an aromatic ring is 1. The molecule has 0 fully saturated rings. The zero-order chi connectivity index (χ0) is 19.0. The minimum Gasteiger partial charge on any atom is -0.383 e. The van der Waals surface area contributed by atoms with Gasteiger partial charge in [0.1, 0.15) is 5.82 Å². The SMILES string of the molecule is Cc1ccc(C)c(Nc2nc3nc(C)c(Cc4ccccc4)c(N)n3n2)c1. The third-order valence-corrected chi connectivity index (χ3v) is 4.70. The quantitative estimate of drug-likeness (QED) is 0.577. The molecule has 0 radical (unpaired) electrons. The Labute approximate surface area is 158 Å². The molecule has 0 aliphatic rings. The number of aryl methyl sites for hydroxylation is 3. The lowest BCUT2D eigenvalue weighted by molar-refractivity contribution is 0.917. The first-order valence-electron chi connectivity index (χ1n) is 8.91. The molecule has 0 unspecified atom stereocenters. The molecule has 6 nitrogen and oxygen atoms in total. The lowest BCUT2D eigenvalue weighted by Crippen LogP contribution is -2.09. The van der Waals surface area contributed by atoms with Gasteiger partial charge in [-0.2, -0.15) is 9.50 Å². The van der Waals surface area contributed by atoms with Gasteiger partial charge < -0.3 is 11.1 Å². The highest BCUT2D eigenvalue weighted by Crippen LogP contribution is 2.23. The van der Waals surface area contributed by atoms with Crippen LogP contribution in [0.3, 0.4) is 0 Å². The summed E-state index contributed by atoms with van der Waals surface area (Å²) in [6.45, 7) is 6.06. The Morgan fingerprint density at radius 3 is 2.56 bits per heavy atom. The van der Waals surface area contributed by atoms with Gasteiger partial charge >= 0.3 is 0 Å². The normalized spacial score (nSPS) is 11.1. The molecule has 4 aromatic rings. The summed E-state index contributed by atoms with van der Waals surface area (Å²) < 4.78 is 1.61. The second kappa shape index (κ2) is 6.72. The van der Waals surface area contributed by atoms with Crippen molar-refractivity contribution in [1.29, 1.82) is 0 Å². The number of hydrogen-bond acceptors (Lipinski definition) is 5. The van der Waals surface area contributed by atoms with E-state index in [0.717, 1.165) is 22.5 Å². The van der Waals surface area contributed by atoms with Crippen LogP contribution in [0.2, 0.25) is 0 Å². The number of hydrogen-bond donors (Lipinski definition) is 2. The molecule has 0 saturated heterocycles. The summed E-state index contributed by atoms with van der Waals surface area (Å²) in [6.07, 6.45) is 0.709. The number of rotatable bonds is 4. The van der Waals surface area contributed by atoms with Crippen molar-refractivity contribution in [2.24, 2.45) is 0 Å². The van der Waals surface area contributed by atoms with Crippen molar-refractivity contribution in [3.63, 3.8) is 0 Å². The van der Waals surface area contributed by atoms with Gasteiger partial charge in [-0.3, -0.25) is 0 Å². The van der Waals surface area contributed by atoms with Gasteiger partial charge in [0.05, 0.1) is 0 Å². The van der Waals surface area contributed by atoms with Gasteiger partial charge in [-0.25, -0.2) is 4.98 Å². The molecule has 3 N–H and O–H groups in total. The third-order valence-electron chi connectivity index (χ3n) is 4.70. The molecule has 0 bridgehead atoms. The maximum atomic E-state index is 6.42. The third kappa shape index (κ3) is 3.33. The average molecular weight is 358 g/mol.